The zero-order chi connectivity index (χ0) is 29.2. The molecule has 9 nitrogen and oxygen atoms in total. The second-order valence-electron chi connectivity index (χ2n) is 10.9. The zero-order valence-electron chi connectivity index (χ0n) is 23.8. The highest BCUT2D eigenvalue weighted by Gasteiger charge is 2.28. The summed E-state index contributed by atoms with van der Waals surface area (Å²) in [6.45, 7) is 5.86. The van der Waals surface area contributed by atoms with Crippen LogP contribution in [0.4, 0.5) is 5.82 Å². The van der Waals surface area contributed by atoms with Crippen LogP contribution < -0.4 is 10.5 Å². The van der Waals surface area contributed by atoms with Crippen molar-refractivity contribution >= 4 is 45.2 Å². The zero-order valence-corrected chi connectivity index (χ0v) is 24.5. The number of anilines is 1. The van der Waals surface area contributed by atoms with Crippen LogP contribution in [-0.4, -0.2) is 72.5 Å². The van der Waals surface area contributed by atoms with Gasteiger partial charge >= 0.3 is 5.97 Å². The van der Waals surface area contributed by atoms with Crippen molar-refractivity contribution in [3.63, 3.8) is 0 Å². The van der Waals surface area contributed by atoms with Crippen molar-refractivity contribution in [3.05, 3.63) is 74.5 Å². The fraction of sp³-hybridized carbons (Fsp3) is 0.406. The summed E-state index contributed by atoms with van der Waals surface area (Å²) in [5, 5.41) is 12.4. The molecule has 2 fully saturated rings. The topological polar surface area (TPSA) is 92.7 Å². The van der Waals surface area contributed by atoms with Crippen LogP contribution in [0.5, 0.6) is 0 Å². The van der Waals surface area contributed by atoms with Gasteiger partial charge in [-0.25, -0.2) is 4.79 Å². The fourth-order valence-corrected chi connectivity index (χ4v) is 6.38. The molecule has 0 spiro atoms. The smallest absolute Gasteiger partial charge is 0.338 e. The molecular formula is C32H34ClN5O4. The average Bonchev–Trinajstić information content (AvgIpc) is 3.35. The number of aromatic nitrogens is 2. The number of nitriles is 1. The molecule has 2 aliphatic heterocycles. The van der Waals surface area contributed by atoms with Gasteiger partial charge in [-0.05, 0) is 49.1 Å². The third-order valence-corrected chi connectivity index (χ3v) is 8.77. The number of carbonyl (C=O) groups excluding carboxylic acids is 1. The predicted octanol–water partition coefficient (Wildman–Crippen LogP) is 4.55. The van der Waals surface area contributed by atoms with Gasteiger partial charge < -0.3 is 23.5 Å². The normalized spacial score (nSPS) is 16.2. The van der Waals surface area contributed by atoms with Gasteiger partial charge in [0.25, 0.3) is 5.56 Å². The largest absolute Gasteiger partial charge is 0.461 e. The molecule has 0 N–H and O–H groups in total. The Morgan fingerprint density at radius 1 is 1.07 bits per heavy atom. The molecule has 0 bridgehead atoms. The Morgan fingerprint density at radius 3 is 2.57 bits per heavy atom. The van der Waals surface area contributed by atoms with Crippen LogP contribution in [0, 0.1) is 11.3 Å². The van der Waals surface area contributed by atoms with Crippen LogP contribution >= 0.6 is 11.6 Å². The number of halogens is 1. The van der Waals surface area contributed by atoms with Crippen LogP contribution in [0.3, 0.4) is 0 Å². The standard InChI is InChI=1S/C32H34ClN5O4/c1-35-27-10-9-22(32(40)42-18-15-36-13-16-41-17-14-36)19-24(27)28-25(20-34)30(37-11-5-2-6-12-37)38(29(28)31(35)39)21-23-7-3-4-8-26(23)33/h3-4,7-10,19H,2,5-6,11-18,21H2,1H3. The number of benzene rings is 2. The second kappa shape index (κ2) is 12.2. The van der Waals surface area contributed by atoms with Crippen molar-refractivity contribution in [2.75, 3.05) is 57.4 Å². The quantitative estimate of drug-likeness (QED) is 0.293. The number of nitrogens with zero attached hydrogens (tertiary/aromatic N) is 5. The highest BCUT2D eigenvalue weighted by molar-refractivity contribution is 6.31. The highest BCUT2D eigenvalue weighted by atomic mass is 35.5. The van der Waals surface area contributed by atoms with Crippen molar-refractivity contribution in [2.45, 2.75) is 25.8 Å². The first kappa shape index (κ1) is 28.3. The molecule has 2 aliphatic rings. The molecule has 2 aromatic carbocycles. The lowest BCUT2D eigenvalue weighted by molar-refractivity contribution is 0.0195. The minimum atomic E-state index is -0.433. The summed E-state index contributed by atoms with van der Waals surface area (Å²) in [4.78, 5) is 31.6. The monoisotopic (exact) mass is 587 g/mol. The van der Waals surface area contributed by atoms with Crippen LogP contribution in [0.25, 0.3) is 21.8 Å². The van der Waals surface area contributed by atoms with E-state index in [1.807, 2.05) is 28.8 Å². The summed E-state index contributed by atoms with van der Waals surface area (Å²) in [6, 6.07) is 15.2. The number of hydrogen-bond acceptors (Lipinski definition) is 7. The van der Waals surface area contributed by atoms with E-state index in [1.165, 1.54) is 0 Å². The first-order valence-electron chi connectivity index (χ1n) is 14.5. The third kappa shape index (κ3) is 5.26. The number of fused-ring (bicyclic) bond motifs is 3. The van der Waals surface area contributed by atoms with Crippen LogP contribution in [0.15, 0.2) is 47.3 Å². The first-order chi connectivity index (χ1) is 20.5. The van der Waals surface area contributed by atoms with Crippen molar-refractivity contribution in [1.82, 2.24) is 14.0 Å². The van der Waals surface area contributed by atoms with Gasteiger partial charge in [0.2, 0.25) is 0 Å². The fourth-order valence-electron chi connectivity index (χ4n) is 6.18. The van der Waals surface area contributed by atoms with Crippen molar-refractivity contribution in [2.24, 2.45) is 7.05 Å². The Kier molecular flexibility index (Phi) is 8.20. The van der Waals surface area contributed by atoms with Gasteiger partial charge in [0.1, 0.15) is 29.6 Å². The van der Waals surface area contributed by atoms with E-state index in [-0.39, 0.29) is 12.2 Å². The van der Waals surface area contributed by atoms with Crippen molar-refractivity contribution < 1.29 is 14.3 Å². The summed E-state index contributed by atoms with van der Waals surface area (Å²) in [6.07, 6.45) is 3.15. The van der Waals surface area contributed by atoms with Crippen molar-refractivity contribution in [3.8, 4) is 6.07 Å². The van der Waals surface area contributed by atoms with E-state index in [9.17, 15) is 14.9 Å². The maximum atomic E-state index is 14.0. The molecule has 4 aromatic rings. The van der Waals surface area contributed by atoms with Gasteiger partial charge in [0.05, 0.1) is 30.8 Å². The Labute approximate surface area is 249 Å². The Morgan fingerprint density at radius 2 is 1.83 bits per heavy atom. The van der Waals surface area contributed by atoms with E-state index in [0.717, 1.165) is 56.8 Å². The maximum absolute atomic E-state index is 14.0. The molecule has 10 heteroatoms. The Hall–Kier alpha value is -3.84. The Bertz CT molecular complexity index is 1740. The van der Waals surface area contributed by atoms with Gasteiger partial charge in [-0.1, -0.05) is 29.8 Å². The van der Waals surface area contributed by atoms with E-state index in [0.29, 0.717) is 64.3 Å². The summed E-state index contributed by atoms with van der Waals surface area (Å²) < 4.78 is 14.6. The van der Waals surface area contributed by atoms with Gasteiger partial charge in [-0.15, -0.1) is 0 Å². The molecule has 0 unspecified atom stereocenters. The summed E-state index contributed by atoms with van der Waals surface area (Å²) in [5.74, 6) is 0.299. The molecule has 218 valence electrons. The third-order valence-electron chi connectivity index (χ3n) is 8.40. The highest BCUT2D eigenvalue weighted by Crippen LogP contribution is 2.38. The minimum absolute atomic E-state index is 0.204. The SMILES string of the molecule is Cn1c(=O)c2c(c(C#N)c(N3CCCCC3)n2Cc2ccccc2Cl)c2cc(C(=O)OCCN3CCOCC3)ccc21. The average molecular weight is 588 g/mol. The maximum Gasteiger partial charge on any atom is 0.338 e. The summed E-state index contributed by atoms with van der Waals surface area (Å²) >= 11 is 6.58. The van der Waals surface area contributed by atoms with E-state index < -0.39 is 5.97 Å². The lowest BCUT2D eigenvalue weighted by atomic mass is 10.0. The molecule has 2 saturated heterocycles. The van der Waals surface area contributed by atoms with Gasteiger partial charge in [-0.2, -0.15) is 5.26 Å². The number of piperidine rings is 1. The summed E-state index contributed by atoms with van der Waals surface area (Å²) in [5.41, 5.74) is 2.56. The van der Waals surface area contributed by atoms with Crippen molar-refractivity contribution in [1.29, 1.82) is 5.26 Å². The lowest BCUT2D eigenvalue weighted by Crippen LogP contribution is -2.38. The molecule has 42 heavy (non-hydrogen) atoms. The first-order valence-corrected chi connectivity index (χ1v) is 14.9. The number of pyridine rings is 1. The number of carbonyl (C=O) groups is 1. The molecule has 0 aliphatic carbocycles. The van der Waals surface area contributed by atoms with E-state index in [2.05, 4.69) is 15.9 Å². The van der Waals surface area contributed by atoms with Crippen LogP contribution in [-0.2, 0) is 23.1 Å². The lowest BCUT2D eigenvalue weighted by Gasteiger charge is -2.30. The van der Waals surface area contributed by atoms with Gasteiger partial charge in [0, 0.05) is 55.6 Å². The van der Waals surface area contributed by atoms with E-state index >= 15 is 0 Å². The van der Waals surface area contributed by atoms with Crippen LogP contribution in [0.2, 0.25) is 5.02 Å². The number of hydrogen-bond donors (Lipinski definition) is 0. The predicted molar refractivity (Wildman–Crippen MR) is 164 cm³/mol. The Balaban J connectivity index is 1.48. The van der Waals surface area contributed by atoms with E-state index in [4.69, 9.17) is 21.1 Å². The second-order valence-corrected chi connectivity index (χ2v) is 11.4. The van der Waals surface area contributed by atoms with Gasteiger partial charge in [0.15, 0.2) is 0 Å². The number of morpholine rings is 1. The van der Waals surface area contributed by atoms with Crippen LogP contribution in [0.1, 0.15) is 40.7 Å². The molecular weight excluding hydrogens is 554 g/mol. The number of ether oxygens (including phenoxy) is 2. The number of rotatable bonds is 7. The molecule has 6 rings (SSSR count). The molecule has 4 heterocycles. The summed E-state index contributed by atoms with van der Waals surface area (Å²) in [7, 11) is 1.73. The minimum Gasteiger partial charge on any atom is -0.461 e. The molecule has 0 atom stereocenters. The number of aryl methyl sites for hydroxylation is 1. The number of esters is 1. The van der Waals surface area contributed by atoms with E-state index in [1.54, 1.807) is 29.8 Å². The van der Waals surface area contributed by atoms with Gasteiger partial charge in [-0.3, -0.25) is 9.69 Å². The molecule has 0 radical (unpaired) electrons. The molecule has 0 amide bonds. The molecule has 2 aromatic heterocycles. The molecule has 0 saturated carbocycles.